The van der Waals surface area contributed by atoms with Crippen LogP contribution in [0.3, 0.4) is 0 Å². The minimum Gasteiger partial charge on any atom is -0.459 e. The summed E-state index contributed by atoms with van der Waals surface area (Å²) in [5, 5.41) is 7.33. The van der Waals surface area contributed by atoms with E-state index >= 15 is 0 Å². The average Bonchev–Trinajstić information content (AvgIpc) is 3.10. The normalized spacial score (nSPS) is 11.8. The third-order valence-electron chi connectivity index (χ3n) is 6.47. The number of hydrogen-bond donors (Lipinski definition) is 0. The van der Waals surface area contributed by atoms with Gasteiger partial charge < -0.3 is 9.30 Å². The largest absolute Gasteiger partial charge is 0.459 e. The quantitative estimate of drug-likeness (QED) is 0.281. The van der Waals surface area contributed by atoms with E-state index in [0.717, 1.165) is 44.4 Å². The number of ether oxygens (including phenoxy) is 1. The molecule has 2 aromatic heterocycles. The number of aryl methyl sites for hydroxylation is 1. The molecule has 6 nitrogen and oxygen atoms in total. The van der Waals surface area contributed by atoms with Gasteiger partial charge in [0, 0.05) is 27.5 Å². The first-order valence-electron chi connectivity index (χ1n) is 12.5. The molecule has 2 heterocycles. The molecule has 0 radical (unpaired) electrons. The van der Waals surface area contributed by atoms with Gasteiger partial charge in [-0.25, -0.2) is 4.68 Å². The minimum absolute atomic E-state index is 0.0876. The van der Waals surface area contributed by atoms with Crippen LogP contribution >= 0.6 is 0 Å². The molecular weight excluding hydrogens is 462 g/mol. The van der Waals surface area contributed by atoms with E-state index in [1.165, 1.54) is 0 Å². The lowest BCUT2D eigenvalue weighted by atomic mass is 10.0. The molecule has 0 bridgehead atoms. The summed E-state index contributed by atoms with van der Waals surface area (Å²) in [6.45, 7) is 10.1. The number of aromatic nitrogens is 3. The van der Waals surface area contributed by atoms with Gasteiger partial charge in [0.05, 0.1) is 11.9 Å². The fourth-order valence-electron chi connectivity index (χ4n) is 4.88. The molecule has 0 N–H and O–H groups in total. The van der Waals surface area contributed by atoms with Crippen molar-refractivity contribution in [3.8, 4) is 11.3 Å². The van der Waals surface area contributed by atoms with E-state index in [0.29, 0.717) is 11.9 Å². The molecule has 0 atom stereocenters. The van der Waals surface area contributed by atoms with Gasteiger partial charge in [-0.3, -0.25) is 9.59 Å². The Kier molecular flexibility index (Phi) is 6.20. The Morgan fingerprint density at radius 2 is 1.57 bits per heavy atom. The summed E-state index contributed by atoms with van der Waals surface area (Å²) in [4.78, 5) is 26.3. The van der Waals surface area contributed by atoms with Crippen molar-refractivity contribution in [1.82, 2.24) is 14.3 Å². The highest BCUT2D eigenvalue weighted by Crippen LogP contribution is 2.37. The van der Waals surface area contributed by atoms with Crippen LogP contribution in [0.5, 0.6) is 0 Å². The van der Waals surface area contributed by atoms with Gasteiger partial charge in [0.2, 0.25) is 0 Å². The number of rotatable bonds is 5. The molecule has 0 spiro atoms. The molecule has 0 aliphatic carbocycles. The van der Waals surface area contributed by atoms with E-state index in [1.807, 2.05) is 106 Å². The fourth-order valence-corrected chi connectivity index (χ4v) is 4.88. The molecule has 0 aliphatic heterocycles. The Hall–Kier alpha value is -4.19. The number of carbonyl (C=O) groups excluding carboxylic acids is 1. The van der Waals surface area contributed by atoms with Crippen LogP contribution in [0.2, 0.25) is 0 Å². The highest BCUT2D eigenvalue weighted by Gasteiger charge is 2.24. The topological polar surface area (TPSA) is 66.1 Å². The van der Waals surface area contributed by atoms with Crippen LogP contribution in [-0.4, -0.2) is 25.9 Å². The van der Waals surface area contributed by atoms with Crippen LogP contribution in [-0.2, 0) is 22.6 Å². The van der Waals surface area contributed by atoms with Crippen LogP contribution in [0.1, 0.15) is 37.6 Å². The summed E-state index contributed by atoms with van der Waals surface area (Å²) < 4.78 is 9.16. The molecule has 0 fully saturated rings. The number of benzene rings is 3. The highest BCUT2D eigenvalue weighted by molar-refractivity contribution is 6.05. The molecule has 188 valence electrons. The van der Waals surface area contributed by atoms with Crippen molar-refractivity contribution < 1.29 is 9.53 Å². The maximum Gasteiger partial charge on any atom is 0.326 e. The Morgan fingerprint density at radius 1 is 0.892 bits per heavy atom. The monoisotopic (exact) mass is 493 g/mol. The van der Waals surface area contributed by atoms with Gasteiger partial charge in [0.15, 0.2) is 0 Å². The van der Waals surface area contributed by atoms with E-state index < -0.39 is 5.60 Å². The predicted molar refractivity (Wildman–Crippen MR) is 148 cm³/mol. The third-order valence-corrected chi connectivity index (χ3v) is 6.47. The van der Waals surface area contributed by atoms with Crippen molar-refractivity contribution in [2.24, 2.45) is 0 Å². The summed E-state index contributed by atoms with van der Waals surface area (Å²) in [5.41, 5.74) is 4.86. The van der Waals surface area contributed by atoms with Crippen molar-refractivity contribution in [2.75, 3.05) is 0 Å². The first-order chi connectivity index (χ1) is 17.6. The molecule has 37 heavy (non-hydrogen) atoms. The molecule has 0 aliphatic rings. The second kappa shape index (κ2) is 9.36. The van der Waals surface area contributed by atoms with Crippen LogP contribution in [0.25, 0.3) is 32.9 Å². The number of fused-ring (bicyclic) bond motifs is 2. The number of hydrogen-bond acceptors (Lipinski definition) is 4. The lowest BCUT2D eigenvalue weighted by Crippen LogP contribution is -2.26. The van der Waals surface area contributed by atoms with Crippen LogP contribution < -0.4 is 5.56 Å². The van der Waals surface area contributed by atoms with Gasteiger partial charge in [0.25, 0.3) is 5.56 Å². The van der Waals surface area contributed by atoms with Gasteiger partial charge in [-0.1, -0.05) is 60.2 Å². The summed E-state index contributed by atoms with van der Waals surface area (Å²) >= 11 is 0. The zero-order chi connectivity index (χ0) is 26.3. The maximum absolute atomic E-state index is 13.4. The van der Waals surface area contributed by atoms with Crippen LogP contribution in [0.15, 0.2) is 77.6 Å². The maximum atomic E-state index is 13.4. The summed E-state index contributed by atoms with van der Waals surface area (Å²) in [6.07, 6.45) is 0. The second-order valence-corrected chi connectivity index (χ2v) is 10.5. The Bertz CT molecular complexity index is 1690. The van der Waals surface area contributed by atoms with Gasteiger partial charge in [0.1, 0.15) is 17.8 Å². The van der Waals surface area contributed by atoms with Crippen molar-refractivity contribution in [2.45, 2.75) is 53.3 Å². The van der Waals surface area contributed by atoms with Gasteiger partial charge >= 0.3 is 5.97 Å². The van der Waals surface area contributed by atoms with E-state index in [1.54, 1.807) is 4.68 Å². The van der Waals surface area contributed by atoms with E-state index in [-0.39, 0.29) is 18.1 Å². The third kappa shape index (κ3) is 4.79. The summed E-state index contributed by atoms with van der Waals surface area (Å²) in [5.74, 6) is -0.300. The smallest absolute Gasteiger partial charge is 0.326 e. The molecule has 5 aromatic rings. The summed E-state index contributed by atoms with van der Waals surface area (Å²) in [6, 6.07) is 23.6. The lowest BCUT2D eigenvalue weighted by molar-refractivity contribution is -0.155. The van der Waals surface area contributed by atoms with E-state index in [4.69, 9.17) is 9.84 Å². The van der Waals surface area contributed by atoms with Crippen LogP contribution in [0, 0.1) is 13.8 Å². The molecule has 0 saturated heterocycles. The number of carbonyl (C=O) groups is 1. The van der Waals surface area contributed by atoms with Gasteiger partial charge in [-0.2, -0.15) is 5.10 Å². The zero-order valence-corrected chi connectivity index (χ0v) is 21.9. The van der Waals surface area contributed by atoms with E-state index in [2.05, 4.69) is 6.07 Å². The second-order valence-electron chi connectivity index (χ2n) is 10.5. The molecule has 6 heteroatoms. The Morgan fingerprint density at radius 3 is 2.27 bits per heavy atom. The SMILES string of the molecule is Cc1ccc2c(c1)c(-c1nn(Cc3ccccc3)c(=O)c3ccccc13)c(C)n2CC(=O)OC(C)(C)C. The Labute approximate surface area is 216 Å². The van der Waals surface area contributed by atoms with Crippen molar-refractivity contribution in [3.05, 3.63) is 100.0 Å². The first-order valence-corrected chi connectivity index (χ1v) is 12.5. The van der Waals surface area contributed by atoms with Gasteiger partial charge in [-0.05, 0) is 58.4 Å². The standard InChI is InChI=1S/C31H31N3O3/c1-20-15-16-26-25(17-20)28(21(2)33(26)19-27(35)37-31(3,4)5)29-23-13-9-10-14-24(23)30(36)34(32-29)18-22-11-7-6-8-12-22/h6-17H,18-19H2,1-5H3. The molecule has 0 amide bonds. The van der Waals surface area contributed by atoms with E-state index in [9.17, 15) is 9.59 Å². The van der Waals surface area contributed by atoms with Crippen molar-refractivity contribution in [1.29, 1.82) is 0 Å². The van der Waals surface area contributed by atoms with Crippen molar-refractivity contribution >= 4 is 27.6 Å². The van der Waals surface area contributed by atoms with Crippen molar-refractivity contribution in [3.63, 3.8) is 0 Å². The zero-order valence-electron chi connectivity index (χ0n) is 21.9. The first kappa shape index (κ1) is 24.5. The van der Waals surface area contributed by atoms with Crippen LogP contribution in [0.4, 0.5) is 0 Å². The number of nitrogens with zero attached hydrogens (tertiary/aromatic N) is 3. The summed E-state index contributed by atoms with van der Waals surface area (Å²) in [7, 11) is 0. The molecule has 3 aromatic carbocycles. The molecule has 0 saturated carbocycles. The average molecular weight is 494 g/mol. The fraction of sp³-hybridized carbons (Fsp3) is 0.258. The molecule has 0 unspecified atom stereocenters. The predicted octanol–water partition coefficient (Wildman–Crippen LogP) is 6.03. The number of esters is 1. The lowest BCUT2D eigenvalue weighted by Gasteiger charge is -2.20. The Balaban J connectivity index is 1.76. The van der Waals surface area contributed by atoms with Gasteiger partial charge in [-0.15, -0.1) is 0 Å². The highest BCUT2D eigenvalue weighted by atomic mass is 16.6. The minimum atomic E-state index is -0.571. The molecular formula is C31H31N3O3. The molecule has 5 rings (SSSR count).